The second-order valence-electron chi connectivity index (χ2n) is 3.76. The van der Waals surface area contributed by atoms with Crippen molar-refractivity contribution in [3.63, 3.8) is 0 Å². The molecule has 2 aromatic rings. The molecule has 0 aliphatic heterocycles. The number of aromatic nitrogens is 2. The second kappa shape index (κ2) is 4.48. The highest BCUT2D eigenvalue weighted by atomic mass is 35.5. The Morgan fingerprint density at radius 1 is 1.31 bits per heavy atom. The number of nitrogens with zero attached hydrogens (tertiary/aromatic N) is 2. The molecule has 0 spiro atoms. The lowest BCUT2D eigenvalue weighted by atomic mass is 10.1. The van der Waals surface area contributed by atoms with Gasteiger partial charge in [0.25, 0.3) is 0 Å². The lowest BCUT2D eigenvalue weighted by molar-refractivity contribution is 0.854. The molecule has 0 unspecified atom stereocenters. The van der Waals surface area contributed by atoms with Crippen molar-refractivity contribution >= 4 is 23.2 Å². The standard InChI is InChI=1S/C12H12Cl2N2/c1-8-3-4-10(6-13)5-12(8)16-7-11(14)9(2)15-16/h3-5,7H,6H2,1-2H3. The molecule has 0 saturated carbocycles. The van der Waals surface area contributed by atoms with Crippen LogP contribution in [0.3, 0.4) is 0 Å². The third-order valence-corrected chi connectivity index (χ3v) is 3.19. The summed E-state index contributed by atoms with van der Waals surface area (Å²) in [6, 6.07) is 6.09. The summed E-state index contributed by atoms with van der Waals surface area (Å²) in [5, 5.41) is 5.03. The number of halogens is 2. The zero-order valence-electron chi connectivity index (χ0n) is 9.17. The Balaban J connectivity index is 2.54. The van der Waals surface area contributed by atoms with Crippen molar-refractivity contribution in [3.8, 4) is 5.69 Å². The molecule has 2 rings (SSSR count). The Hall–Kier alpha value is -0.990. The number of hydrogen-bond acceptors (Lipinski definition) is 1. The van der Waals surface area contributed by atoms with Crippen LogP contribution in [0, 0.1) is 13.8 Å². The maximum absolute atomic E-state index is 6.00. The summed E-state index contributed by atoms with van der Waals surface area (Å²) in [6.07, 6.45) is 1.82. The average molecular weight is 255 g/mol. The Morgan fingerprint density at radius 3 is 2.62 bits per heavy atom. The quantitative estimate of drug-likeness (QED) is 0.744. The smallest absolute Gasteiger partial charge is 0.0819 e. The fourth-order valence-electron chi connectivity index (χ4n) is 1.55. The third kappa shape index (κ3) is 2.08. The van der Waals surface area contributed by atoms with Crippen molar-refractivity contribution < 1.29 is 0 Å². The zero-order valence-corrected chi connectivity index (χ0v) is 10.7. The average Bonchev–Trinajstić information content (AvgIpc) is 2.60. The summed E-state index contributed by atoms with van der Waals surface area (Å²) in [5.41, 5.74) is 4.07. The molecule has 0 bridgehead atoms. The lowest BCUT2D eigenvalue weighted by Gasteiger charge is -2.07. The van der Waals surface area contributed by atoms with E-state index in [0.717, 1.165) is 22.5 Å². The van der Waals surface area contributed by atoms with Gasteiger partial charge in [0.1, 0.15) is 0 Å². The van der Waals surface area contributed by atoms with Crippen LogP contribution in [-0.4, -0.2) is 9.78 Å². The predicted octanol–water partition coefficient (Wildman–Crippen LogP) is 3.88. The highest BCUT2D eigenvalue weighted by Crippen LogP contribution is 2.20. The Bertz CT molecular complexity index is 498. The summed E-state index contributed by atoms with van der Waals surface area (Å²) in [5.74, 6) is 0.501. The number of alkyl halides is 1. The van der Waals surface area contributed by atoms with E-state index in [-0.39, 0.29) is 0 Å². The maximum atomic E-state index is 6.00. The first-order valence-corrected chi connectivity index (χ1v) is 5.90. The Morgan fingerprint density at radius 2 is 2.06 bits per heavy atom. The van der Waals surface area contributed by atoms with Crippen LogP contribution < -0.4 is 0 Å². The van der Waals surface area contributed by atoms with Crippen molar-refractivity contribution in [2.75, 3.05) is 0 Å². The molecular formula is C12H12Cl2N2. The van der Waals surface area contributed by atoms with Crippen LogP contribution in [0.4, 0.5) is 0 Å². The van der Waals surface area contributed by atoms with Gasteiger partial charge >= 0.3 is 0 Å². The van der Waals surface area contributed by atoms with E-state index in [1.54, 1.807) is 4.68 Å². The van der Waals surface area contributed by atoms with E-state index in [2.05, 4.69) is 5.10 Å². The Labute approximate surface area is 105 Å². The van der Waals surface area contributed by atoms with Gasteiger partial charge in [0.2, 0.25) is 0 Å². The van der Waals surface area contributed by atoms with Crippen LogP contribution in [0.25, 0.3) is 5.69 Å². The van der Waals surface area contributed by atoms with Gasteiger partial charge in [-0.2, -0.15) is 5.10 Å². The molecule has 0 amide bonds. The maximum Gasteiger partial charge on any atom is 0.0819 e. The Kier molecular flexibility index (Phi) is 3.22. The van der Waals surface area contributed by atoms with E-state index in [1.165, 1.54) is 0 Å². The molecule has 0 N–H and O–H groups in total. The minimum Gasteiger partial charge on any atom is -0.239 e. The number of hydrogen-bond donors (Lipinski definition) is 0. The van der Waals surface area contributed by atoms with Crippen molar-refractivity contribution in [3.05, 3.63) is 46.2 Å². The van der Waals surface area contributed by atoms with Gasteiger partial charge in [-0.05, 0) is 31.0 Å². The van der Waals surface area contributed by atoms with E-state index in [9.17, 15) is 0 Å². The molecule has 0 aliphatic rings. The minimum absolute atomic E-state index is 0.501. The monoisotopic (exact) mass is 254 g/mol. The first-order valence-electron chi connectivity index (χ1n) is 4.99. The first-order chi connectivity index (χ1) is 7.61. The highest BCUT2D eigenvalue weighted by molar-refractivity contribution is 6.31. The van der Waals surface area contributed by atoms with Crippen LogP contribution in [0.5, 0.6) is 0 Å². The second-order valence-corrected chi connectivity index (χ2v) is 4.44. The molecule has 0 aliphatic carbocycles. The van der Waals surface area contributed by atoms with E-state index >= 15 is 0 Å². The van der Waals surface area contributed by atoms with Gasteiger partial charge in [0.15, 0.2) is 0 Å². The minimum atomic E-state index is 0.501. The summed E-state index contributed by atoms with van der Waals surface area (Å²) in [7, 11) is 0. The van der Waals surface area contributed by atoms with E-state index in [4.69, 9.17) is 23.2 Å². The molecular weight excluding hydrogens is 243 g/mol. The van der Waals surface area contributed by atoms with Gasteiger partial charge in [0, 0.05) is 12.1 Å². The van der Waals surface area contributed by atoms with Crippen LogP contribution in [-0.2, 0) is 5.88 Å². The van der Waals surface area contributed by atoms with Gasteiger partial charge in [-0.1, -0.05) is 23.7 Å². The van der Waals surface area contributed by atoms with E-state index < -0.39 is 0 Å². The number of rotatable bonds is 2. The van der Waals surface area contributed by atoms with Gasteiger partial charge in [-0.15, -0.1) is 11.6 Å². The fraction of sp³-hybridized carbons (Fsp3) is 0.250. The lowest BCUT2D eigenvalue weighted by Crippen LogP contribution is -1.98. The van der Waals surface area contributed by atoms with Crippen LogP contribution in [0.1, 0.15) is 16.8 Å². The van der Waals surface area contributed by atoms with Gasteiger partial charge in [-0.25, -0.2) is 4.68 Å². The summed E-state index contributed by atoms with van der Waals surface area (Å²) >= 11 is 11.8. The molecule has 1 heterocycles. The fourth-order valence-corrected chi connectivity index (χ4v) is 1.84. The SMILES string of the molecule is Cc1ccc(CCl)cc1-n1cc(Cl)c(C)n1. The van der Waals surface area contributed by atoms with Crippen LogP contribution in [0.2, 0.25) is 5.02 Å². The highest BCUT2D eigenvalue weighted by Gasteiger charge is 2.07. The molecule has 0 atom stereocenters. The number of benzene rings is 1. The van der Waals surface area contributed by atoms with Crippen molar-refractivity contribution in [1.29, 1.82) is 0 Å². The van der Waals surface area contributed by atoms with Crippen molar-refractivity contribution in [2.45, 2.75) is 19.7 Å². The molecule has 0 fully saturated rings. The number of aryl methyl sites for hydroxylation is 2. The molecule has 0 radical (unpaired) electrons. The zero-order chi connectivity index (χ0) is 11.7. The summed E-state index contributed by atoms with van der Waals surface area (Å²) in [4.78, 5) is 0. The van der Waals surface area contributed by atoms with Gasteiger partial charge in [0.05, 0.1) is 16.4 Å². The molecule has 2 nitrogen and oxygen atoms in total. The molecule has 4 heteroatoms. The molecule has 1 aromatic heterocycles. The summed E-state index contributed by atoms with van der Waals surface area (Å²) < 4.78 is 1.79. The van der Waals surface area contributed by atoms with Gasteiger partial charge < -0.3 is 0 Å². The van der Waals surface area contributed by atoms with E-state index in [0.29, 0.717) is 10.9 Å². The molecule has 1 aromatic carbocycles. The molecule has 16 heavy (non-hydrogen) atoms. The third-order valence-electron chi connectivity index (χ3n) is 2.51. The topological polar surface area (TPSA) is 17.8 Å². The van der Waals surface area contributed by atoms with Crippen LogP contribution >= 0.6 is 23.2 Å². The van der Waals surface area contributed by atoms with Crippen LogP contribution in [0.15, 0.2) is 24.4 Å². The molecule has 84 valence electrons. The predicted molar refractivity (Wildman–Crippen MR) is 67.6 cm³/mol. The summed E-state index contributed by atoms with van der Waals surface area (Å²) in [6.45, 7) is 3.93. The van der Waals surface area contributed by atoms with Crippen molar-refractivity contribution in [2.24, 2.45) is 0 Å². The van der Waals surface area contributed by atoms with Gasteiger partial charge in [-0.3, -0.25) is 0 Å². The molecule has 0 saturated heterocycles. The largest absolute Gasteiger partial charge is 0.239 e. The first kappa shape index (κ1) is 11.5. The van der Waals surface area contributed by atoms with E-state index in [1.807, 2.05) is 38.2 Å². The van der Waals surface area contributed by atoms with Crippen molar-refractivity contribution in [1.82, 2.24) is 9.78 Å². The normalized spacial score (nSPS) is 10.8.